The summed E-state index contributed by atoms with van der Waals surface area (Å²) >= 11 is 0. The van der Waals surface area contributed by atoms with Crippen molar-refractivity contribution in [3.05, 3.63) is 47.4 Å². The molecule has 0 radical (unpaired) electrons. The summed E-state index contributed by atoms with van der Waals surface area (Å²) in [6, 6.07) is 10.7. The summed E-state index contributed by atoms with van der Waals surface area (Å²) in [5, 5.41) is 3.33. The van der Waals surface area contributed by atoms with Crippen LogP contribution in [0.4, 0.5) is 0 Å². The summed E-state index contributed by atoms with van der Waals surface area (Å²) in [5.41, 5.74) is 2.09. The van der Waals surface area contributed by atoms with Gasteiger partial charge in [0.15, 0.2) is 0 Å². The lowest BCUT2D eigenvalue weighted by molar-refractivity contribution is 0.253. The van der Waals surface area contributed by atoms with Gasteiger partial charge in [-0.3, -0.25) is 0 Å². The molecule has 3 rings (SSSR count). The smallest absolute Gasteiger partial charge is 0.212 e. The zero-order chi connectivity index (χ0) is 11.5. The van der Waals surface area contributed by atoms with Gasteiger partial charge in [0.1, 0.15) is 12.2 Å². The van der Waals surface area contributed by atoms with Gasteiger partial charge in [0.2, 0.25) is 5.88 Å². The van der Waals surface area contributed by atoms with E-state index in [9.17, 15) is 0 Å². The van der Waals surface area contributed by atoms with Gasteiger partial charge in [-0.15, -0.1) is 0 Å². The Labute approximate surface area is 101 Å². The second kappa shape index (κ2) is 4.28. The quantitative estimate of drug-likeness (QED) is 0.763. The van der Waals surface area contributed by atoms with Crippen molar-refractivity contribution in [1.82, 2.24) is 5.32 Å². The van der Waals surface area contributed by atoms with E-state index < -0.39 is 0 Å². The highest BCUT2D eigenvalue weighted by Gasteiger charge is 2.22. The fourth-order valence-electron chi connectivity index (χ4n) is 1.94. The number of benzene rings is 1. The van der Waals surface area contributed by atoms with Crippen LogP contribution >= 0.6 is 0 Å². The number of allylic oxidation sites excluding steroid dienone is 1. The summed E-state index contributed by atoms with van der Waals surface area (Å²) in [6.45, 7) is 0.678. The summed E-state index contributed by atoms with van der Waals surface area (Å²) in [6.07, 6.45) is 0.957. The molecule has 2 heteroatoms. The fraction of sp³-hybridized carbons (Fsp3) is 0.200. The number of hydrogen-bond donors (Lipinski definition) is 1. The van der Waals surface area contributed by atoms with Crippen molar-refractivity contribution in [1.29, 1.82) is 0 Å². The third kappa shape index (κ3) is 2.12. The Hall–Kier alpha value is -2.32. The topological polar surface area (TPSA) is 21.3 Å². The highest BCUT2D eigenvalue weighted by molar-refractivity contribution is 5.57. The zero-order valence-corrected chi connectivity index (χ0v) is 9.29. The molecule has 82 valence electrons. The SMILES string of the molecule is C1#CC(=C2N[C@@H](Cc3ccccc3)CO2)C#C1. The van der Waals surface area contributed by atoms with Gasteiger partial charge in [-0.1, -0.05) is 30.3 Å². The molecule has 1 atom stereocenters. The molecule has 2 aliphatic rings. The van der Waals surface area contributed by atoms with Crippen LogP contribution < -0.4 is 5.32 Å². The maximum Gasteiger partial charge on any atom is 0.212 e. The van der Waals surface area contributed by atoms with Gasteiger partial charge in [0.25, 0.3) is 0 Å². The minimum absolute atomic E-state index is 0.309. The Morgan fingerprint density at radius 2 is 1.94 bits per heavy atom. The zero-order valence-electron chi connectivity index (χ0n) is 9.29. The van der Waals surface area contributed by atoms with Gasteiger partial charge in [0, 0.05) is 0 Å². The maximum atomic E-state index is 5.59. The molecule has 1 heterocycles. The van der Waals surface area contributed by atoms with E-state index in [0.717, 1.165) is 17.9 Å². The van der Waals surface area contributed by atoms with E-state index in [-0.39, 0.29) is 0 Å². The van der Waals surface area contributed by atoms with Crippen molar-refractivity contribution in [2.45, 2.75) is 12.5 Å². The molecule has 1 N–H and O–H groups in total. The second-order valence-electron chi connectivity index (χ2n) is 4.05. The Balaban J connectivity index is 1.69. The number of ether oxygens (including phenoxy) is 1. The predicted molar refractivity (Wildman–Crippen MR) is 65.6 cm³/mol. The molecule has 1 aromatic carbocycles. The summed E-state index contributed by atoms with van der Waals surface area (Å²) < 4.78 is 5.59. The standard InChI is InChI=1S/C15H11NO/c1-2-6-12(7-3-1)10-14-11-17-15(16-14)13-8-4-5-9-13/h1-3,6-7,14,16H,10-11H2/t14-/m0/s1. The van der Waals surface area contributed by atoms with Crippen LogP contribution in [0.1, 0.15) is 5.56 Å². The van der Waals surface area contributed by atoms with Crippen molar-refractivity contribution >= 4 is 0 Å². The third-order valence-corrected chi connectivity index (χ3v) is 2.75. The van der Waals surface area contributed by atoms with Crippen LogP contribution in [0.3, 0.4) is 0 Å². The van der Waals surface area contributed by atoms with Crippen LogP contribution in [0.2, 0.25) is 0 Å². The van der Waals surface area contributed by atoms with Crippen LogP contribution in [0.15, 0.2) is 41.8 Å². The van der Waals surface area contributed by atoms with Gasteiger partial charge in [0.05, 0.1) is 6.04 Å². The predicted octanol–water partition coefficient (Wildman–Crippen LogP) is 1.45. The monoisotopic (exact) mass is 221 g/mol. The number of rotatable bonds is 2. The second-order valence-corrected chi connectivity index (χ2v) is 4.05. The molecule has 0 spiro atoms. The average Bonchev–Trinajstić information content (AvgIpc) is 3.00. The van der Waals surface area contributed by atoms with E-state index >= 15 is 0 Å². The lowest BCUT2D eigenvalue weighted by Gasteiger charge is -2.07. The van der Waals surface area contributed by atoms with E-state index in [1.54, 1.807) is 0 Å². The van der Waals surface area contributed by atoms with Gasteiger partial charge in [-0.25, -0.2) is 0 Å². The molecular weight excluding hydrogens is 210 g/mol. The van der Waals surface area contributed by atoms with E-state index in [0.29, 0.717) is 12.6 Å². The lowest BCUT2D eigenvalue weighted by Crippen LogP contribution is -2.25. The molecule has 0 unspecified atom stereocenters. The third-order valence-electron chi connectivity index (χ3n) is 2.75. The van der Waals surface area contributed by atoms with Gasteiger partial charge in [-0.2, -0.15) is 0 Å². The molecule has 0 bridgehead atoms. The fourth-order valence-corrected chi connectivity index (χ4v) is 1.94. The highest BCUT2D eigenvalue weighted by atomic mass is 16.5. The Morgan fingerprint density at radius 3 is 2.71 bits per heavy atom. The first-order chi connectivity index (χ1) is 8.42. The molecule has 0 saturated carbocycles. The number of nitrogens with one attached hydrogen (secondary N) is 1. The number of hydrogen-bond acceptors (Lipinski definition) is 2. The summed E-state index contributed by atoms with van der Waals surface area (Å²) in [4.78, 5) is 0. The average molecular weight is 221 g/mol. The first-order valence-electron chi connectivity index (χ1n) is 5.61. The molecule has 1 fully saturated rings. The summed E-state index contributed by atoms with van der Waals surface area (Å²) in [5.74, 6) is 12.0. The van der Waals surface area contributed by atoms with E-state index in [1.807, 2.05) is 6.07 Å². The Kier molecular flexibility index (Phi) is 2.48. The first-order valence-corrected chi connectivity index (χ1v) is 5.61. The Bertz CT molecular complexity index is 556. The highest BCUT2D eigenvalue weighted by Crippen LogP contribution is 2.15. The van der Waals surface area contributed by atoms with Crippen molar-refractivity contribution in [3.63, 3.8) is 0 Å². The molecule has 2 nitrogen and oxygen atoms in total. The van der Waals surface area contributed by atoms with E-state index in [1.165, 1.54) is 5.56 Å². The molecule has 0 aromatic heterocycles. The van der Waals surface area contributed by atoms with Crippen molar-refractivity contribution in [2.24, 2.45) is 0 Å². The van der Waals surface area contributed by atoms with Gasteiger partial charge < -0.3 is 10.1 Å². The lowest BCUT2D eigenvalue weighted by atomic mass is 10.1. The van der Waals surface area contributed by atoms with Crippen molar-refractivity contribution in [3.8, 4) is 23.7 Å². The molecular formula is C15H11NO. The minimum Gasteiger partial charge on any atom is -0.476 e. The largest absolute Gasteiger partial charge is 0.476 e. The van der Waals surface area contributed by atoms with Crippen LogP contribution in [-0.4, -0.2) is 12.6 Å². The van der Waals surface area contributed by atoms with Crippen LogP contribution in [0.25, 0.3) is 0 Å². The first kappa shape index (κ1) is 9.87. The van der Waals surface area contributed by atoms with Crippen molar-refractivity contribution in [2.75, 3.05) is 6.61 Å². The maximum absolute atomic E-state index is 5.59. The normalized spacial score (nSPS) is 19.9. The molecule has 1 aliphatic heterocycles. The minimum atomic E-state index is 0.309. The van der Waals surface area contributed by atoms with Crippen LogP contribution in [0.5, 0.6) is 0 Å². The molecule has 17 heavy (non-hydrogen) atoms. The summed E-state index contributed by atoms with van der Waals surface area (Å²) in [7, 11) is 0. The molecule has 1 saturated heterocycles. The molecule has 0 amide bonds. The molecule has 1 aromatic rings. The molecule has 1 aliphatic carbocycles. The van der Waals surface area contributed by atoms with Crippen LogP contribution in [-0.2, 0) is 11.2 Å². The van der Waals surface area contributed by atoms with E-state index in [2.05, 4.69) is 53.3 Å². The Morgan fingerprint density at radius 1 is 1.18 bits per heavy atom. The van der Waals surface area contributed by atoms with Crippen molar-refractivity contribution < 1.29 is 4.74 Å². The van der Waals surface area contributed by atoms with Gasteiger partial charge >= 0.3 is 0 Å². The van der Waals surface area contributed by atoms with E-state index in [4.69, 9.17) is 4.74 Å². The van der Waals surface area contributed by atoms with Gasteiger partial charge in [-0.05, 0) is 35.7 Å². The van der Waals surface area contributed by atoms with Crippen LogP contribution in [0, 0.1) is 23.7 Å².